The lowest BCUT2D eigenvalue weighted by Crippen LogP contribution is -1.97. The van der Waals surface area contributed by atoms with Gasteiger partial charge >= 0.3 is 0 Å². The second-order valence-corrected chi connectivity index (χ2v) is 3.49. The highest BCUT2D eigenvalue weighted by Gasteiger charge is 2.02. The molecule has 0 aliphatic heterocycles. The molecule has 0 spiro atoms. The first-order chi connectivity index (χ1) is 7.25. The molecule has 0 saturated carbocycles. The van der Waals surface area contributed by atoms with Gasteiger partial charge in [-0.05, 0) is 24.3 Å². The van der Waals surface area contributed by atoms with Crippen LogP contribution in [0.5, 0.6) is 5.75 Å². The van der Waals surface area contributed by atoms with E-state index in [1.807, 2.05) is 6.07 Å². The maximum atomic E-state index is 5.82. The Hall–Kier alpha value is -1.61. The number of nitrogen functional groups attached to an aromatic ring is 1. The third-order valence-corrected chi connectivity index (χ3v) is 2.16. The maximum absolute atomic E-state index is 5.82. The average molecular weight is 224 g/mol. The van der Waals surface area contributed by atoms with E-state index in [2.05, 4.69) is 0 Å². The Balaban J connectivity index is 2.07. The second-order valence-electron chi connectivity index (χ2n) is 3.05. The Bertz CT molecular complexity index is 440. The van der Waals surface area contributed by atoms with Gasteiger partial charge < -0.3 is 14.9 Å². The van der Waals surface area contributed by atoms with Gasteiger partial charge in [0.25, 0.3) is 0 Å². The minimum absolute atomic E-state index is 0.345. The molecule has 0 unspecified atom stereocenters. The Morgan fingerprint density at radius 1 is 1.33 bits per heavy atom. The Morgan fingerprint density at radius 3 is 2.93 bits per heavy atom. The smallest absolute Gasteiger partial charge is 0.146 e. The fourth-order valence-corrected chi connectivity index (χ4v) is 1.34. The number of halogens is 1. The summed E-state index contributed by atoms with van der Waals surface area (Å²) < 4.78 is 10.6. The minimum atomic E-state index is 0.345. The highest BCUT2D eigenvalue weighted by molar-refractivity contribution is 6.30. The number of nitrogens with two attached hydrogens (primary N) is 1. The number of benzene rings is 1. The summed E-state index contributed by atoms with van der Waals surface area (Å²) in [7, 11) is 0. The van der Waals surface area contributed by atoms with E-state index in [-0.39, 0.29) is 0 Å². The zero-order chi connectivity index (χ0) is 10.7. The number of rotatable bonds is 3. The summed E-state index contributed by atoms with van der Waals surface area (Å²) >= 11 is 5.82. The molecule has 4 heteroatoms. The van der Waals surface area contributed by atoms with Gasteiger partial charge in [0.05, 0.1) is 12.0 Å². The monoisotopic (exact) mass is 223 g/mol. The summed E-state index contributed by atoms with van der Waals surface area (Å²) in [6.45, 7) is 0.345. The van der Waals surface area contributed by atoms with E-state index >= 15 is 0 Å². The van der Waals surface area contributed by atoms with E-state index in [9.17, 15) is 0 Å². The lowest BCUT2D eigenvalue weighted by atomic mass is 10.3. The van der Waals surface area contributed by atoms with Crippen LogP contribution in [-0.2, 0) is 6.61 Å². The molecule has 3 nitrogen and oxygen atoms in total. The molecule has 0 bridgehead atoms. The normalized spacial score (nSPS) is 10.2. The van der Waals surface area contributed by atoms with E-state index < -0.39 is 0 Å². The van der Waals surface area contributed by atoms with Gasteiger partial charge in [-0.25, -0.2) is 0 Å². The fraction of sp³-hybridized carbons (Fsp3) is 0.0909. The molecule has 78 valence electrons. The van der Waals surface area contributed by atoms with Gasteiger partial charge in [0.1, 0.15) is 18.1 Å². The van der Waals surface area contributed by atoms with E-state index in [4.69, 9.17) is 26.5 Å². The summed E-state index contributed by atoms with van der Waals surface area (Å²) in [6.07, 6.45) is 1.60. The summed E-state index contributed by atoms with van der Waals surface area (Å²) in [5.74, 6) is 1.31. The van der Waals surface area contributed by atoms with Gasteiger partial charge in [-0.2, -0.15) is 0 Å². The Morgan fingerprint density at radius 2 is 2.20 bits per heavy atom. The maximum Gasteiger partial charge on any atom is 0.146 e. The average Bonchev–Trinajstić information content (AvgIpc) is 2.72. The van der Waals surface area contributed by atoms with E-state index in [1.54, 1.807) is 30.5 Å². The van der Waals surface area contributed by atoms with Gasteiger partial charge in [0, 0.05) is 11.1 Å². The molecule has 0 amide bonds. The van der Waals surface area contributed by atoms with Crippen LogP contribution in [0.2, 0.25) is 5.02 Å². The van der Waals surface area contributed by atoms with Crippen LogP contribution in [0.4, 0.5) is 5.69 Å². The van der Waals surface area contributed by atoms with E-state index in [1.165, 1.54) is 0 Å². The van der Waals surface area contributed by atoms with Crippen LogP contribution in [0.25, 0.3) is 0 Å². The molecule has 2 aromatic rings. The van der Waals surface area contributed by atoms with Gasteiger partial charge in [-0.15, -0.1) is 0 Å². The van der Waals surface area contributed by atoms with Gasteiger partial charge in [0.2, 0.25) is 0 Å². The van der Waals surface area contributed by atoms with Crippen molar-refractivity contribution in [2.75, 3.05) is 5.73 Å². The lowest BCUT2D eigenvalue weighted by Gasteiger charge is -2.07. The molecular formula is C11H10ClNO2. The molecule has 1 heterocycles. The van der Waals surface area contributed by atoms with Crippen molar-refractivity contribution in [1.29, 1.82) is 0 Å². The summed E-state index contributed by atoms with van der Waals surface area (Å²) in [6, 6.07) is 8.75. The molecule has 2 N–H and O–H groups in total. The zero-order valence-corrected chi connectivity index (χ0v) is 8.70. The van der Waals surface area contributed by atoms with E-state index in [0.717, 1.165) is 5.76 Å². The van der Waals surface area contributed by atoms with Crippen LogP contribution in [0.15, 0.2) is 41.0 Å². The predicted octanol–water partition coefficient (Wildman–Crippen LogP) is 3.09. The number of furan rings is 1. The predicted molar refractivity (Wildman–Crippen MR) is 58.9 cm³/mol. The largest absolute Gasteiger partial charge is 0.483 e. The third-order valence-electron chi connectivity index (χ3n) is 1.93. The Labute approximate surface area is 92.4 Å². The van der Waals surface area contributed by atoms with Crippen LogP contribution < -0.4 is 10.5 Å². The number of ether oxygens (including phenoxy) is 1. The number of anilines is 1. The number of hydrogen-bond donors (Lipinski definition) is 1. The van der Waals surface area contributed by atoms with Crippen molar-refractivity contribution in [1.82, 2.24) is 0 Å². The van der Waals surface area contributed by atoms with Gasteiger partial charge in [-0.1, -0.05) is 11.6 Å². The van der Waals surface area contributed by atoms with Gasteiger partial charge in [-0.3, -0.25) is 0 Å². The zero-order valence-electron chi connectivity index (χ0n) is 7.94. The van der Waals surface area contributed by atoms with Crippen molar-refractivity contribution in [3.8, 4) is 5.75 Å². The molecule has 0 fully saturated rings. The molecule has 0 atom stereocenters. The molecule has 1 aromatic carbocycles. The van der Waals surface area contributed by atoms with Crippen molar-refractivity contribution in [3.05, 3.63) is 47.4 Å². The Kier molecular flexibility index (Phi) is 2.83. The van der Waals surface area contributed by atoms with Crippen molar-refractivity contribution in [2.45, 2.75) is 6.61 Å². The first-order valence-corrected chi connectivity index (χ1v) is 4.84. The highest BCUT2D eigenvalue weighted by Crippen LogP contribution is 2.26. The minimum Gasteiger partial charge on any atom is -0.483 e. The highest BCUT2D eigenvalue weighted by atomic mass is 35.5. The van der Waals surface area contributed by atoms with Crippen molar-refractivity contribution < 1.29 is 9.15 Å². The van der Waals surface area contributed by atoms with Crippen molar-refractivity contribution in [2.24, 2.45) is 0 Å². The quantitative estimate of drug-likeness (QED) is 0.814. The molecule has 15 heavy (non-hydrogen) atoms. The van der Waals surface area contributed by atoms with Crippen LogP contribution in [0.3, 0.4) is 0 Å². The molecule has 0 aliphatic rings. The lowest BCUT2D eigenvalue weighted by molar-refractivity contribution is 0.272. The SMILES string of the molecule is Nc1ccc(Cl)cc1OCc1ccco1. The summed E-state index contributed by atoms with van der Waals surface area (Å²) in [5.41, 5.74) is 6.28. The first-order valence-electron chi connectivity index (χ1n) is 4.46. The van der Waals surface area contributed by atoms with Crippen molar-refractivity contribution in [3.63, 3.8) is 0 Å². The summed E-state index contributed by atoms with van der Waals surface area (Å²) in [4.78, 5) is 0. The standard InChI is InChI=1S/C11H10ClNO2/c12-8-3-4-10(13)11(6-8)15-7-9-2-1-5-14-9/h1-6H,7,13H2. The van der Waals surface area contributed by atoms with Crippen LogP contribution in [-0.4, -0.2) is 0 Å². The van der Waals surface area contributed by atoms with Gasteiger partial charge in [0.15, 0.2) is 0 Å². The fourth-order valence-electron chi connectivity index (χ4n) is 1.18. The molecule has 0 aliphatic carbocycles. The molecule has 1 aromatic heterocycles. The van der Waals surface area contributed by atoms with Crippen molar-refractivity contribution >= 4 is 17.3 Å². The molecular weight excluding hydrogens is 214 g/mol. The summed E-state index contributed by atoms with van der Waals surface area (Å²) in [5, 5.41) is 0.596. The number of hydrogen-bond acceptors (Lipinski definition) is 3. The van der Waals surface area contributed by atoms with Crippen LogP contribution >= 0.6 is 11.6 Å². The second kappa shape index (κ2) is 4.28. The van der Waals surface area contributed by atoms with E-state index in [0.29, 0.717) is 23.1 Å². The van der Waals surface area contributed by atoms with Crippen LogP contribution in [0.1, 0.15) is 5.76 Å². The third kappa shape index (κ3) is 2.44. The molecule has 2 rings (SSSR count). The van der Waals surface area contributed by atoms with Crippen LogP contribution in [0, 0.1) is 0 Å². The molecule has 0 radical (unpaired) electrons. The first kappa shape index (κ1) is 9.93. The topological polar surface area (TPSA) is 48.4 Å². The molecule has 0 saturated heterocycles.